The first-order valence-corrected chi connectivity index (χ1v) is 10.5. The normalized spacial score (nSPS) is 16.0. The van der Waals surface area contributed by atoms with Crippen LogP contribution in [0.25, 0.3) is 10.9 Å². The van der Waals surface area contributed by atoms with Gasteiger partial charge < -0.3 is 9.84 Å². The van der Waals surface area contributed by atoms with Gasteiger partial charge in [-0.1, -0.05) is 37.0 Å². The van der Waals surface area contributed by atoms with E-state index in [4.69, 9.17) is 9.84 Å². The molecule has 1 aliphatic rings. The number of benzene rings is 2. The van der Waals surface area contributed by atoms with Crippen molar-refractivity contribution >= 4 is 16.9 Å². The van der Waals surface area contributed by atoms with Crippen LogP contribution in [0.4, 0.5) is 0 Å². The Balaban J connectivity index is 1.58. The van der Waals surface area contributed by atoms with Crippen LogP contribution >= 0.6 is 0 Å². The van der Waals surface area contributed by atoms with E-state index in [2.05, 4.69) is 40.2 Å². The number of carboxylic acids is 1. The molecular weight excluding hydrogens is 376 g/mol. The molecule has 0 aliphatic heterocycles. The van der Waals surface area contributed by atoms with Gasteiger partial charge in [0.25, 0.3) is 0 Å². The van der Waals surface area contributed by atoms with Crippen LogP contribution in [-0.4, -0.2) is 21.3 Å². The summed E-state index contributed by atoms with van der Waals surface area (Å²) in [5.41, 5.74) is 3.09. The third kappa shape index (κ3) is 4.49. The highest BCUT2D eigenvalue weighted by Gasteiger charge is 2.28. The highest BCUT2D eigenvalue weighted by Crippen LogP contribution is 2.39. The number of nitrogens with zero attached hydrogens (tertiary/aromatic N) is 1. The fourth-order valence-corrected chi connectivity index (χ4v) is 4.36. The number of rotatable bonds is 7. The number of hydrogen-bond acceptors (Lipinski definition) is 3. The Hall–Kier alpha value is -3.26. The summed E-state index contributed by atoms with van der Waals surface area (Å²) in [6, 6.07) is 14.1. The lowest BCUT2D eigenvalue weighted by molar-refractivity contribution is -0.137. The van der Waals surface area contributed by atoms with Gasteiger partial charge in [0.2, 0.25) is 0 Å². The van der Waals surface area contributed by atoms with Gasteiger partial charge in [-0.25, -0.2) is 0 Å². The Morgan fingerprint density at radius 1 is 1.20 bits per heavy atom. The lowest BCUT2D eigenvalue weighted by Gasteiger charge is -2.25. The molecule has 5 nitrogen and oxygen atoms in total. The smallest absolute Gasteiger partial charge is 0.304 e. The first kappa shape index (κ1) is 20.0. The molecule has 1 saturated carbocycles. The van der Waals surface area contributed by atoms with Crippen molar-refractivity contribution in [3.8, 4) is 17.6 Å². The zero-order valence-corrected chi connectivity index (χ0v) is 17.1. The summed E-state index contributed by atoms with van der Waals surface area (Å²) in [7, 11) is 0. The van der Waals surface area contributed by atoms with Crippen LogP contribution in [0, 0.1) is 17.8 Å². The molecule has 2 N–H and O–H groups in total. The van der Waals surface area contributed by atoms with Crippen molar-refractivity contribution in [1.82, 2.24) is 10.2 Å². The molecule has 2 atom stereocenters. The van der Waals surface area contributed by atoms with E-state index in [1.54, 1.807) is 6.92 Å². The Labute approximate surface area is 176 Å². The lowest BCUT2D eigenvalue weighted by atomic mass is 9.93. The molecule has 5 heteroatoms. The number of carbonyl (C=O) groups is 1. The molecule has 0 amide bonds. The Morgan fingerprint density at radius 2 is 1.93 bits per heavy atom. The minimum Gasteiger partial charge on any atom is -0.485 e. The van der Waals surface area contributed by atoms with Gasteiger partial charge in [-0.2, -0.15) is 5.10 Å². The molecule has 1 aromatic heterocycles. The summed E-state index contributed by atoms with van der Waals surface area (Å²) in [4.78, 5) is 11.1. The van der Waals surface area contributed by atoms with E-state index < -0.39 is 5.97 Å². The molecule has 30 heavy (non-hydrogen) atoms. The Kier molecular flexibility index (Phi) is 6.04. The molecule has 0 saturated heterocycles. The van der Waals surface area contributed by atoms with E-state index in [9.17, 15) is 4.79 Å². The van der Waals surface area contributed by atoms with Crippen molar-refractivity contribution in [1.29, 1.82) is 0 Å². The minimum atomic E-state index is -0.848. The zero-order valence-electron chi connectivity index (χ0n) is 17.1. The van der Waals surface area contributed by atoms with Gasteiger partial charge in [-0.15, -0.1) is 5.92 Å². The van der Waals surface area contributed by atoms with Crippen LogP contribution in [0.5, 0.6) is 5.75 Å². The van der Waals surface area contributed by atoms with E-state index in [0.717, 1.165) is 22.2 Å². The first-order valence-electron chi connectivity index (χ1n) is 10.5. The van der Waals surface area contributed by atoms with Crippen molar-refractivity contribution in [3.63, 3.8) is 0 Å². The van der Waals surface area contributed by atoms with Crippen LogP contribution < -0.4 is 4.74 Å². The van der Waals surface area contributed by atoms with Gasteiger partial charge in [0, 0.05) is 11.3 Å². The monoisotopic (exact) mass is 402 g/mol. The number of carboxylic acid groups (broad SMARTS) is 1. The van der Waals surface area contributed by atoms with Gasteiger partial charge >= 0.3 is 5.97 Å². The van der Waals surface area contributed by atoms with Gasteiger partial charge in [0.1, 0.15) is 11.9 Å². The number of fused-ring (bicyclic) bond motifs is 1. The number of H-pyrrole nitrogens is 1. The quantitative estimate of drug-likeness (QED) is 0.515. The maximum absolute atomic E-state index is 11.1. The molecule has 2 aromatic carbocycles. The van der Waals surface area contributed by atoms with Crippen LogP contribution in [0.15, 0.2) is 48.7 Å². The third-order valence-corrected chi connectivity index (χ3v) is 5.86. The number of aliphatic carboxylic acids is 1. The van der Waals surface area contributed by atoms with Gasteiger partial charge in [0.15, 0.2) is 0 Å². The second-order valence-corrected chi connectivity index (χ2v) is 7.91. The van der Waals surface area contributed by atoms with E-state index in [0.29, 0.717) is 5.92 Å². The summed E-state index contributed by atoms with van der Waals surface area (Å²) in [6.07, 6.45) is 6.64. The zero-order chi connectivity index (χ0) is 20.9. The molecule has 1 fully saturated rings. The average molecular weight is 402 g/mol. The third-order valence-electron chi connectivity index (χ3n) is 5.86. The molecule has 154 valence electrons. The predicted octanol–water partition coefficient (Wildman–Crippen LogP) is 5.45. The van der Waals surface area contributed by atoms with Crippen LogP contribution in [0.3, 0.4) is 0 Å². The number of aromatic amines is 1. The topological polar surface area (TPSA) is 75.2 Å². The molecular formula is C25H26N2O3. The summed E-state index contributed by atoms with van der Waals surface area (Å²) in [5, 5.41) is 17.4. The second-order valence-electron chi connectivity index (χ2n) is 7.91. The van der Waals surface area contributed by atoms with E-state index in [1.165, 1.54) is 31.2 Å². The number of ether oxygens (including phenoxy) is 1. The summed E-state index contributed by atoms with van der Waals surface area (Å²) in [5.74, 6) is 5.95. The molecule has 0 bridgehead atoms. The Morgan fingerprint density at radius 3 is 2.63 bits per heavy atom. The summed E-state index contributed by atoms with van der Waals surface area (Å²) < 4.78 is 6.50. The molecule has 0 spiro atoms. The largest absolute Gasteiger partial charge is 0.485 e. The van der Waals surface area contributed by atoms with Crippen molar-refractivity contribution < 1.29 is 14.6 Å². The number of nitrogens with one attached hydrogen (secondary N) is 1. The second kappa shape index (κ2) is 9.04. The van der Waals surface area contributed by atoms with Gasteiger partial charge in [-0.05, 0) is 55.2 Å². The molecule has 1 heterocycles. The molecule has 3 aromatic rings. The molecule has 0 radical (unpaired) electrons. The average Bonchev–Trinajstić information content (AvgIpc) is 3.43. The highest BCUT2D eigenvalue weighted by molar-refractivity contribution is 5.78. The summed E-state index contributed by atoms with van der Waals surface area (Å²) >= 11 is 0. The molecule has 4 rings (SSSR count). The first-order chi connectivity index (χ1) is 14.6. The standard InChI is InChI=1S/C25H26N2O3/c1-2-5-19(15-24(28)29)17-8-11-22(12-9-17)30-25(18-6-3-4-7-18)20-10-13-23-21(14-20)16-26-27-23/h8-14,16,18-19,25H,3-4,6-7,15H2,1H3,(H,26,27)(H,28,29)/t19?,25-/m0/s1. The number of aromatic nitrogens is 2. The van der Waals surface area contributed by atoms with Crippen molar-refractivity contribution in [2.75, 3.05) is 0 Å². The van der Waals surface area contributed by atoms with Crippen molar-refractivity contribution in [3.05, 3.63) is 59.8 Å². The molecule has 1 aliphatic carbocycles. The van der Waals surface area contributed by atoms with Crippen LogP contribution in [0.1, 0.15) is 62.2 Å². The fourth-order valence-electron chi connectivity index (χ4n) is 4.36. The Bertz CT molecular complexity index is 1070. The maximum atomic E-state index is 11.1. The van der Waals surface area contributed by atoms with Crippen LogP contribution in [-0.2, 0) is 4.79 Å². The minimum absolute atomic E-state index is 0.00351. The van der Waals surface area contributed by atoms with Gasteiger partial charge in [0.05, 0.1) is 24.1 Å². The lowest BCUT2D eigenvalue weighted by Crippen LogP contribution is -2.16. The fraction of sp³-hybridized carbons (Fsp3) is 0.360. The SMILES string of the molecule is CC#CC(CC(=O)O)c1ccc(O[C@H](c2ccc3[nH]ncc3c2)C2CCCC2)cc1. The van der Waals surface area contributed by atoms with Gasteiger partial charge in [-0.3, -0.25) is 9.89 Å². The predicted molar refractivity (Wildman–Crippen MR) is 116 cm³/mol. The number of hydrogen-bond donors (Lipinski definition) is 2. The van der Waals surface area contributed by atoms with Crippen molar-refractivity contribution in [2.45, 2.75) is 51.0 Å². The molecule has 1 unspecified atom stereocenters. The van der Waals surface area contributed by atoms with Crippen molar-refractivity contribution in [2.24, 2.45) is 5.92 Å². The van der Waals surface area contributed by atoms with E-state index in [-0.39, 0.29) is 18.4 Å². The summed E-state index contributed by atoms with van der Waals surface area (Å²) in [6.45, 7) is 1.73. The van der Waals surface area contributed by atoms with E-state index in [1.807, 2.05) is 30.5 Å². The van der Waals surface area contributed by atoms with Crippen LogP contribution in [0.2, 0.25) is 0 Å². The highest BCUT2D eigenvalue weighted by atomic mass is 16.5. The van der Waals surface area contributed by atoms with E-state index >= 15 is 0 Å². The maximum Gasteiger partial charge on any atom is 0.304 e.